The zero-order valence-corrected chi connectivity index (χ0v) is 14.8. The zero-order valence-electron chi connectivity index (χ0n) is 14.8. The fourth-order valence-electron chi connectivity index (χ4n) is 2.88. The number of nitrogens with zero attached hydrogens (tertiary/aromatic N) is 1. The second-order valence-electron chi connectivity index (χ2n) is 6.33. The smallest absolute Gasteiger partial charge is 0.343 e. The molecule has 1 aliphatic carbocycles. The highest BCUT2D eigenvalue weighted by Crippen LogP contribution is 2.40. The van der Waals surface area contributed by atoms with E-state index in [0.29, 0.717) is 6.42 Å². The summed E-state index contributed by atoms with van der Waals surface area (Å²) in [4.78, 5) is 24.8. The quantitative estimate of drug-likeness (QED) is 0.550. The molecule has 0 radical (unpaired) electrons. The van der Waals surface area contributed by atoms with Gasteiger partial charge < -0.3 is 14.0 Å². The number of esters is 1. The zero-order chi connectivity index (χ0) is 18.8. The molecule has 1 aromatic heterocycles. The van der Waals surface area contributed by atoms with Gasteiger partial charge in [0.15, 0.2) is 11.6 Å². The van der Waals surface area contributed by atoms with Crippen LogP contribution in [-0.2, 0) is 4.74 Å². The number of ether oxygens (including phenoxy) is 2. The Labute approximate surface area is 149 Å². The standard InChI is InChI=1S/C19H21F2NO4/c1-3-5-8-26-18-15(21)14(20)9-12-16(18)22(11-6-7-11)10-13(17(12)23)19(24)25-4-2/h9-11H,3-8H2,1-2H3. The van der Waals surface area contributed by atoms with Crippen LogP contribution in [0.15, 0.2) is 17.1 Å². The van der Waals surface area contributed by atoms with E-state index in [4.69, 9.17) is 9.47 Å². The summed E-state index contributed by atoms with van der Waals surface area (Å²) >= 11 is 0. The first kappa shape index (κ1) is 18.4. The van der Waals surface area contributed by atoms with Crippen molar-refractivity contribution in [2.45, 2.75) is 45.6 Å². The lowest BCUT2D eigenvalue weighted by atomic mass is 10.1. The summed E-state index contributed by atoms with van der Waals surface area (Å²) in [6, 6.07) is 0.853. The molecule has 0 spiro atoms. The number of halogens is 2. The van der Waals surface area contributed by atoms with E-state index in [1.807, 2.05) is 6.92 Å². The van der Waals surface area contributed by atoms with Gasteiger partial charge in [-0.1, -0.05) is 13.3 Å². The number of rotatable bonds is 7. The van der Waals surface area contributed by atoms with Crippen LogP contribution in [0, 0.1) is 11.6 Å². The number of pyridine rings is 1. The molecule has 0 saturated heterocycles. The molecule has 0 unspecified atom stereocenters. The maximum absolute atomic E-state index is 14.4. The second-order valence-corrected chi connectivity index (χ2v) is 6.33. The van der Waals surface area contributed by atoms with Crippen LogP contribution in [0.25, 0.3) is 10.9 Å². The molecular weight excluding hydrogens is 344 g/mol. The number of fused-ring (bicyclic) bond motifs is 1. The third kappa shape index (κ3) is 3.30. The largest absolute Gasteiger partial charge is 0.488 e. The van der Waals surface area contributed by atoms with Gasteiger partial charge in [0, 0.05) is 12.2 Å². The molecule has 26 heavy (non-hydrogen) atoms. The molecule has 1 heterocycles. The lowest BCUT2D eigenvalue weighted by molar-refractivity contribution is 0.0524. The van der Waals surface area contributed by atoms with Gasteiger partial charge in [-0.25, -0.2) is 9.18 Å². The van der Waals surface area contributed by atoms with E-state index in [1.165, 1.54) is 6.20 Å². The summed E-state index contributed by atoms with van der Waals surface area (Å²) in [6.45, 7) is 3.91. The van der Waals surface area contributed by atoms with Crippen molar-refractivity contribution in [3.63, 3.8) is 0 Å². The normalized spacial score (nSPS) is 13.8. The Morgan fingerprint density at radius 3 is 2.65 bits per heavy atom. The average Bonchev–Trinajstić information content (AvgIpc) is 3.44. The molecule has 1 aliphatic rings. The topological polar surface area (TPSA) is 57.5 Å². The average molecular weight is 365 g/mol. The number of carbonyl (C=O) groups is 1. The third-order valence-corrected chi connectivity index (χ3v) is 4.35. The molecule has 0 aliphatic heterocycles. The number of benzene rings is 1. The summed E-state index contributed by atoms with van der Waals surface area (Å²) in [5.41, 5.74) is -0.674. The van der Waals surface area contributed by atoms with Crippen LogP contribution >= 0.6 is 0 Å². The van der Waals surface area contributed by atoms with Gasteiger partial charge in [0.2, 0.25) is 11.2 Å². The Morgan fingerprint density at radius 1 is 1.31 bits per heavy atom. The first-order chi connectivity index (χ1) is 12.5. The molecule has 7 heteroatoms. The Kier molecular flexibility index (Phi) is 5.25. The van der Waals surface area contributed by atoms with Gasteiger partial charge in [0.05, 0.1) is 24.1 Å². The number of carbonyl (C=O) groups excluding carboxylic acids is 1. The van der Waals surface area contributed by atoms with Crippen LogP contribution in [0.3, 0.4) is 0 Å². The van der Waals surface area contributed by atoms with Gasteiger partial charge >= 0.3 is 5.97 Å². The fourth-order valence-corrected chi connectivity index (χ4v) is 2.88. The minimum absolute atomic E-state index is 0.0182. The van der Waals surface area contributed by atoms with Gasteiger partial charge in [0.1, 0.15) is 5.56 Å². The predicted molar refractivity (Wildman–Crippen MR) is 92.8 cm³/mol. The predicted octanol–water partition coefficient (Wildman–Crippen LogP) is 3.97. The third-order valence-electron chi connectivity index (χ3n) is 4.35. The minimum Gasteiger partial charge on any atom is -0.488 e. The molecule has 0 bridgehead atoms. The van der Waals surface area contributed by atoms with Crippen molar-refractivity contribution in [2.24, 2.45) is 0 Å². The fraction of sp³-hybridized carbons (Fsp3) is 0.474. The number of unbranched alkanes of at least 4 members (excludes halogenated alkanes) is 1. The monoisotopic (exact) mass is 365 g/mol. The van der Waals surface area contributed by atoms with Gasteiger partial charge in [-0.05, 0) is 32.3 Å². The summed E-state index contributed by atoms with van der Waals surface area (Å²) in [6.07, 6.45) is 4.54. The van der Waals surface area contributed by atoms with Crippen LogP contribution in [0.5, 0.6) is 5.75 Å². The van der Waals surface area contributed by atoms with Crippen LogP contribution in [0.1, 0.15) is 55.9 Å². The number of hydrogen-bond acceptors (Lipinski definition) is 4. The second kappa shape index (κ2) is 7.43. The van der Waals surface area contributed by atoms with E-state index in [2.05, 4.69) is 0 Å². The molecular formula is C19H21F2NO4. The van der Waals surface area contributed by atoms with Crippen molar-refractivity contribution in [1.82, 2.24) is 4.57 Å². The molecule has 1 aromatic carbocycles. The Bertz CT molecular complexity index is 903. The molecule has 0 atom stereocenters. The maximum Gasteiger partial charge on any atom is 0.343 e. The van der Waals surface area contributed by atoms with Crippen LogP contribution in [0.4, 0.5) is 8.78 Å². The molecule has 3 rings (SSSR count). The van der Waals surface area contributed by atoms with E-state index in [-0.39, 0.29) is 41.5 Å². The van der Waals surface area contributed by atoms with Crippen LogP contribution < -0.4 is 10.2 Å². The molecule has 5 nitrogen and oxygen atoms in total. The SMILES string of the molecule is CCCCOc1c(F)c(F)cc2c(=O)c(C(=O)OCC)cn(C3CC3)c12. The van der Waals surface area contributed by atoms with E-state index in [9.17, 15) is 18.4 Å². The van der Waals surface area contributed by atoms with E-state index < -0.39 is 23.0 Å². The Hall–Kier alpha value is -2.44. The van der Waals surface area contributed by atoms with E-state index in [0.717, 1.165) is 25.3 Å². The molecule has 140 valence electrons. The maximum atomic E-state index is 14.4. The summed E-state index contributed by atoms with van der Waals surface area (Å²) in [5, 5.41) is -0.0761. The summed E-state index contributed by atoms with van der Waals surface area (Å²) in [7, 11) is 0. The van der Waals surface area contributed by atoms with Crippen molar-refractivity contribution in [1.29, 1.82) is 0 Å². The summed E-state index contributed by atoms with van der Waals surface area (Å²) in [5.74, 6) is -3.34. The van der Waals surface area contributed by atoms with E-state index >= 15 is 0 Å². The molecule has 0 N–H and O–H groups in total. The molecule has 0 amide bonds. The van der Waals surface area contributed by atoms with Crippen molar-refractivity contribution in [3.8, 4) is 5.75 Å². The summed E-state index contributed by atoms with van der Waals surface area (Å²) < 4.78 is 40.6. The minimum atomic E-state index is -1.18. The van der Waals surface area contributed by atoms with Gasteiger partial charge in [0.25, 0.3) is 0 Å². The first-order valence-corrected chi connectivity index (χ1v) is 8.86. The van der Waals surface area contributed by atoms with Gasteiger partial charge in [-0.15, -0.1) is 0 Å². The molecule has 1 saturated carbocycles. The van der Waals surface area contributed by atoms with E-state index in [1.54, 1.807) is 11.5 Å². The van der Waals surface area contributed by atoms with Crippen LogP contribution in [0.2, 0.25) is 0 Å². The van der Waals surface area contributed by atoms with Gasteiger partial charge in [-0.3, -0.25) is 4.79 Å². The molecule has 2 aromatic rings. The highest BCUT2D eigenvalue weighted by atomic mass is 19.2. The van der Waals surface area contributed by atoms with Crippen molar-refractivity contribution < 1.29 is 23.0 Å². The van der Waals surface area contributed by atoms with Crippen molar-refractivity contribution in [2.75, 3.05) is 13.2 Å². The van der Waals surface area contributed by atoms with Crippen LogP contribution in [-0.4, -0.2) is 23.8 Å². The Balaban J connectivity index is 2.27. The highest BCUT2D eigenvalue weighted by Gasteiger charge is 2.30. The van der Waals surface area contributed by atoms with Gasteiger partial charge in [-0.2, -0.15) is 4.39 Å². The lowest BCUT2D eigenvalue weighted by Gasteiger charge is -2.17. The lowest BCUT2D eigenvalue weighted by Crippen LogP contribution is -2.21. The first-order valence-electron chi connectivity index (χ1n) is 8.86. The number of hydrogen-bond donors (Lipinski definition) is 0. The molecule has 1 fully saturated rings. The Morgan fingerprint density at radius 2 is 2.04 bits per heavy atom. The van der Waals surface area contributed by atoms with Crippen molar-refractivity contribution in [3.05, 3.63) is 39.7 Å². The van der Waals surface area contributed by atoms with Crippen molar-refractivity contribution >= 4 is 16.9 Å². The number of aromatic nitrogens is 1. The highest BCUT2D eigenvalue weighted by molar-refractivity contribution is 5.95.